The summed E-state index contributed by atoms with van der Waals surface area (Å²) >= 11 is 0. The van der Waals surface area contributed by atoms with Gasteiger partial charge >= 0.3 is 9.28 Å². The van der Waals surface area contributed by atoms with E-state index >= 15 is 0 Å². The largest absolute Gasteiger partial charge is 0.456 e. The van der Waals surface area contributed by atoms with Gasteiger partial charge < -0.3 is 13.0 Å². The minimum absolute atomic E-state index is 0.584. The number of rotatable bonds is 20. The highest BCUT2D eigenvalue weighted by molar-refractivity contribution is 6.85. The average Bonchev–Trinajstić information content (AvgIpc) is 2.68. The van der Waals surface area contributed by atoms with Gasteiger partial charge in [-0.15, -0.1) is 0 Å². The number of hydrogen-bond donors (Lipinski definition) is 0. The third kappa shape index (κ3) is 13.8. The molecule has 0 aliphatic heterocycles. The maximum absolute atomic E-state index is 6.92. The Morgan fingerprint density at radius 2 is 1.26 bits per heavy atom. The van der Waals surface area contributed by atoms with Crippen molar-refractivity contribution < 1.29 is 13.0 Å². The van der Waals surface area contributed by atoms with Crippen LogP contribution >= 0.6 is 0 Å². The van der Waals surface area contributed by atoms with Crippen LogP contribution in [0.5, 0.6) is 0 Å². The molecule has 185 valence electrons. The first kappa shape index (κ1) is 31.7. The molecular weight excluding hydrogens is 453 g/mol. The lowest BCUT2D eigenvalue weighted by atomic mass is 10.5. The average molecular weight is 506 g/mol. The first-order valence-electron chi connectivity index (χ1n) is 12.6. The van der Waals surface area contributed by atoms with Gasteiger partial charge in [-0.2, -0.15) is 0 Å². The van der Waals surface area contributed by atoms with E-state index in [0.717, 1.165) is 55.0 Å². The molecule has 1 atom stereocenters. The van der Waals surface area contributed by atoms with Crippen molar-refractivity contribution in [2.24, 2.45) is 0 Å². The van der Waals surface area contributed by atoms with Crippen molar-refractivity contribution in [3.63, 3.8) is 0 Å². The smallest absolute Gasteiger partial charge is 0.384 e. The van der Waals surface area contributed by atoms with E-state index in [0.29, 0.717) is 5.79 Å². The van der Waals surface area contributed by atoms with Crippen molar-refractivity contribution in [3.05, 3.63) is 0 Å². The van der Waals surface area contributed by atoms with Gasteiger partial charge in [0.05, 0.1) is 9.52 Å². The fourth-order valence-corrected chi connectivity index (χ4v) is 18.1. The summed E-state index contributed by atoms with van der Waals surface area (Å²) in [6, 6.07) is 4.88. The summed E-state index contributed by atoms with van der Waals surface area (Å²) in [4.78, 5) is 5.28. The summed E-state index contributed by atoms with van der Waals surface area (Å²) < 4.78 is 18.7. The molecule has 3 radical (unpaired) electrons. The summed E-state index contributed by atoms with van der Waals surface area (Å²) in [5.74, 6) is 0.584. The van der Waals surface area contributed by atoms with Crippen LogP contribution in [0.3, 0.4) is 0 Å². The second kappa shape index (κ2) is 17.2. The maximum atomic E-state index is 6.92. The van der Waals surface area contributed by atoms with Gasteiger partial charge in [0, 0.05) is 19.0 Å². The van der Waals surface area contributed by atoms with Gasteiger partial charge in [0.1, 0.15) is 0 Å². The Labute approximate surface area is 201 Å². The van der Waals surface area contributed by atoms with Crippen LogP contribution in [0.1, 0.15) is 48.0 Å². The molecule has 0 aliphatic rings. The zero-order valence-corrected chi connectivity index (χ0v) is 26.5. The van der Waals surface area contributed by atoms with Crippen molar-refractivity contribution in [3.8, 4) is 0 Å². The molecule has 1 unspecified atom stereocenters. The fraction of sp³-hybridized carbons (Fsp3) is 1.00. The molecule has 0 spiro atoms. The van der Waals surface area contributed by atoms with Crippen molar-refractivity contribution in [2.45, 2.75) is 104 Å². The highest BCUT2D eigenvalue weighted by Gasteiger charge is 2.35. The van der Waals surface area contributed by atoms with Gasteiger partial charge in [0.25, 0.3) is 0 Å². The second-order valence-corrected chi connectivity index (χ2v) is 21.5. The van der Waals surface area contributed by atoms with E-state index in [-0.39, 0.29) is 0 Å². The highest BCUT2D eigenvalue weighted by Crippen LogP contribution is 2.27. The molecular formula is C22H53N2O3Si4. The van der Waals surface area contributed by atoms with Gasteiger partial charge in [0.2, 0.25) is 0 Å². The van der Waals surface area contributed by atoms with Crippen LogP contribution in [0.25, 0.3) is 0 Å². The molecule has 0 bridgehead atoms. The monoisotopic (exact) mass is 505 g/mol. The Morgan fingerprint density at radius 3 is 1.65 bits per heavy atom. The normalized spacial score (nSPS) is 14.9. The topological polar surface area (TPSA) is 34.2 Å². The van der Waals surface area contributed by atoms with Gasteiger partial charge in [-0.1, -0.05) is 40.2 Å². The molecule has 31 heavy (non-hydrogen) atoms. The van der Waals surface area contributed by atoms with Crippen molar-refractivity contribution in [1.29, 1.82) is 0 Å². The van der Waals surface area contributed by atoms with Crippen LogP contribution in [-0.2, 0) is 13.0 Å². The Hall–Kier alpha value is 0.668. The summed E-state index contributed by atoms with van der Waals surface area (Å²) in [6.45, 7) is 28.9. The first-order chi connectivity index (χ1) is 14.6. The van der Waals surface area contributed by atoms with Gasteiger partial charge in [-0.05, 0) is 84.3 Å². The molecule has 0 amide bonds. The third-order valence-corrected chi connectivity index (χ3v) is 16.8. The van der Waals surface area contributed by atoms with Crippen LogP contribution < -0.4 is 0 Å². The Balaban J connectivity index is 5.07. The lowest BCUT2D eigenvalue weighted by molar-refractivity contribution is 0.115. The molecule has 0 fully saturated rings. The summed E-state index contributed by atoms with van der Waals surface area (Å²) in [5, 5.41) is 0. The minimum Gasteiger partial charge on any atom is -0.456 e. The van der Waals surface area contributed by atoms with Crippen molar-refractivity contribution in [2.75, 3.05) is 39.4 Å². The minimum atomic E-state index is -1.74. The predicted molar refractivity (Wildman–Crippen MR) is 144 cm³/mol. The van der Waals surface area contributed by atoms with E-state index < -0.39 is 25.9 Å². The van der Waals surface area contributed by atoms with Crippen LogP contribution in [0.4, 0.5) is 0 Å². The molecule has 0 aromatic carbocycles. The zero-order chi connectivity index (χ0) is 23.9. The molecule has 0 rings (SSSR count). The van der Waals surface area contributed by atoms with Crippen LogP contribution in [-0.4, -0.2) is 90.4 Å². The summed E-state index contributed by atoms with van der Waals surface area (Å²) in [6.07, 6.45) is 1.18. The third-order valence-electron chi connectivity index (χ3n) is 5.55. The molecule has 0 aliphatic carbocycles. The van der Waals surface area contributed by atoms with Gasteiger partial charge in [0.15, 0.2) is 16.6 Å². The maximum Gasteiger partial charge on any atom is 0.384 e. The van der Waals surface area contributed by atoms with E-state index in [9.17, 15) is 0 Å². The molecule has 0 aromatic rings. The summed E-state index contributed by atoms with van der Waals surface area (Å²) in [7, 11) is -3.46. The Kier molecular flexibility index (Phi) is 17.5. The first-order valence-corrected chi connectivity index (χ1v) is 21.7. The lowest BCUT2D eigenvalue weighted by Crippen LogP contribution is -2.52. The molecule has 9 heteroatoms. The lowest BCUT2D eigenvalue weighted by Gasteiger charge is -2.39. The van der Waals surface area contributed by atoms with Gasteiger partial charge in [-0.3, -0.25) is 9.80 Å². The zero-order valence-electron chi connectivity index (χ0n) is 22.5. The van der Waals surface area contributed by atoms with E-state index in [1.54, 1.807) is 0 Å². The fourth-order valence-electron chi connectivity index (χ4n) is 4.17. The van der Waals surface area contributed by atoms with Gasteiger partial charge in [-0.25, -0.2) is 0 Å². The van der Waals surface area contributed by atoms with E-state index in [2.05, 4.69) is 77.5 Å². The standard InChI is InChI=1S/C22H53N2O3Si4/c1-11-23(12-2)22(24(13-3)14-4)28-18-21-31(10,27-30(7,8)9)20-17-19-29(25-15-5)26-16-6/h22H,11-21H2,1-10H3. The SMILES string of the molecule is CCO[Si](CCC[Si](C)(CC[Si]C(N(CC)CC)N(CC)CC)O[Si](C)(C)C)OCC. The van der Waals surface area contributed by atoms with Crippen molar-refractivity contribution >= 4 is 35.4 Å². The number of hydrogen-bond acceptors (Lipinski definition) is 5. The quantitative estimate of drug-likeness (QED) is 0.162. The molecule has 0 aromatic heterocycles. The van der Waals surface area contributed by atoms with Crippen LogP contribution in [0, 0.1) is 0 Å². The molecule has 0 saturated heterocycles. The van der Waals surface area contributed by atoms with E-state index in [4.69, 9.17) is 13.0 Å². The second-order valence-electron chi connectivity index (χ2n) is 9.28. The van der Waals surface area contributed by atoms with E-state index in [1.807, 2.05) is 0 Å². The summed E-state index contributed by atoms with van der Waals surface area (Å²) in [5.41, 5.74) is 0. The van der Waals surface area contributed by atoms with Crippen LogP contribution in [0.2, 0.25) is 50.4 Å². The van der Waals surface area contributed by atoms with Crippen molar-refractivity contribution in [1.82, 2.24) is 9.80 Å². The number of nitrogens with zero attached hydrogens (tertiary/aromatic N) is 2. The molecule has 0 saturated carbocycles. The van der Waals surface area contributed by atoms with E-state index in [1.165, 1.54) is 24.6 Å². The van der Waals surface area contributed by atoms with Crippen LogP contribution in [0.15, 0.2) is 0 Å². The molecule has 0 N–H and O–H groups in total. The Morgan fingerprint density at radius 1 is 0.774 bits per heavy atom. The molecule has 0 heterocycles. The predicted octanol–water partition coefficient (Wildman–Crippen LogP) is 5.45. The Bertz CT molecular complexity index is 417. The molecule has 5 nitrogen and oxygen atoms in total. The highest BCUT2D eigenvalue weighted by atomic mass is 28.4.